The molecule has 0 spiro atoms. The van der Waals surface area contributed by atoms with Crippen molar-refractivity contribution in [2.75, 3.05) is 0 Å². The quantitative estimate of drug-likeness (QED) is 0.580. The van der Waals surface area contributed by atoms with E-state index in [1.54, 1.807) is 11.3 Å². The van der Waals surface area contributed by atoms with Crippen molar-refractivity contribution in [1.82, 2.24) is 5.43 Å². The van der Waals surface area contributed by atoms with Crippen LogP contribution in [0.5, 0.6) is 0 Å². The summed E-state index contributed by atoms with van der Waals surface area (Å²) in [6.07, 6.45) is 7.16. The van der Waals surface area contributed by atoms with Crippen LogP contribution in [0.4, 0.5) is 0 Å². The predicted molar refractivity (Wildman–Crippen MR) is 57.3 cm³/mol. The van der Waals surface area contributed by atoms with E-state index in [0.717, 1.165) is 0 Å². The molecule has 1 aliphatic carbocycles. The molecule has 0 unspecified atom stereocenters. The average Bonchev–Trinajstić information content (AvgIpc) is 2.75. The Hall–Kier alpha value is -0.830. The minimum Gasteiger partial charge on any atom is -0.307 e. The van der Waals surface area contributed by atoms with Gasteiger partial charge in [-0.15, -0.1) is 0 Å². The van der Waals surface area contributed by atoms with Gasteiger partial charge in [0, 0.05) is 11.6 Å². The molecule has 0 amide bonds. The highest BCUT2D eigenvalue weighted by Crippen LogP contribution is 2.17. The first-order chi connectivity index (χ1) is 6.45. The lowest BCUT2D eigenvalue weighted by Crippen LogP contribution is -2.20. The second kappa shape index (κ2) is 4.42. The predicted octanol–water partition coefficient (Wildman–Crippen LogP) is 2.61. The number of rotatable bonds is 3. The Bertz CT molecular complexity index is 260. The summed E-state index contributed by atoms with van der Waals surface area (Å²) in [4.78, 5) is 0. The molecule has 3 heteroatoms. The molecule has 0 saturated heterocycles. The van der Waals surface area contributed by atoms with Crippen LogP contribution in [0.15, 0.2) is 21.9 Å². The van der Waals surface area contributed by atoms with E-state index < -0.39 is 0 Å². The van der Waals surface area contributed by atoms with Crippen molar-refractivity contribution in [3.8, 4) is 0 Å². The third kappa shape index (κ3) is 2.56. The maximum atomic E-state index is 4.23. The molecule has 0 aromatic carbocycles. The molecule has 1 aromatic heterocycles. The van der Waals surface area contributed by atoms with E-state index in [0.29, 0.717) is 6.04 Å². The van der Waals surface area contributed by atoms with Gasteiger partial charge in [0.05, 0.1) is 6.21 Å². The van der Waals surface area contributed by atoms with Crippen LogP contribution in [0.3, 0.4) is 0 Å². The van der Waals surface area contributed by atoms with Gasteiger partial charge in [0.1, 0.15) is 0 Å². The van der Waals surface area contributed by atoms with E-state index >= 15 is 0 Å². The van der Waals surface area contributed by atoms with Gasteiger partial charge in [-0.05, 0) is 29.7 Å². The molecule has 1 aromatic rings. The molecule has 2 rings (SSSR count). The van der Waals surface area contributed by atoms with Crippen LogP contribution in [0.2, 0.25) is 0 Å². The Morgan fingerprint density at radius 1 is 1.46 bits per heavy atom. The fraction of sp³-hybridized carbons (Fsp3) is 0.500. The molecule has 2 nitrogen and oxygen atoms in total. The number of nitrogens with one attached hydrogen (secondary N) is 1. The number of thiophene rings is 1. The standard InChI is InChI=1S/C10H14N2S/c1-2-4-10(3-1)12-11-7-9-5-6-13-8-9/h5-8,10,12H,1-4H2/b11-7+. The van der Waals surface area contributed by atoms with Gasteiger partial charge in [0.25, 0.3) is 0 Å². The van der Waals surface area contributed by atoms with Gasteiger partial charge < -0.3 is 5.43 Å². The SMILES string of the molecule is C(=N\NC1CCCC1)/c1ccsc1. The van der Waals surface area contributed by atoms with Crippen LogP contribution < -0.4 is 5.43 Å². The molecular formula is C10H14N2S. The molecule has 1 N–H and O–H groups in total. The van der Waals surface area contributed by atoms with Gasteiger partial charge >= 0.3 is 0 Å². The second-order valence-electron chi connectivity index (χ2n) is 3.43. The number of nitrogens with zero attached hydrogens (tertiary/aromatic N) is 1. The fourth-order valence-electron chi connectivity index (χ4n) is 1.62. The molecule has 0 bridgehead atoms. The van der Waals surface area contributed by atoms with Crippen molar-refractivity contribution < 1.29 is 0 Å². The monoisotopic (exact) mass is 194 g/mol. The molecule has 1 saturated carbocycles. The first-order valence-corrected chi connectivity index (χ1v) is 5.70. The molecule has 1 aliphatic rings. The van der Waals surface area contributed by atoms with Gasteiger partial charge in [0.2, 0.25) is 0 Å². The molecule has 70 valence electrons. The lowest BCUT2D eigenvalue weighted by Gasteiger charge is -2.06. The number of hydrogen-bond acceptors (Lipinski definition) is 3. The fourth-order valence-corrected chi connectivity index (χ4v) is 2.23. The minimum absolute atomic E-state index is 0.620. The minimum atomic E-state index is 0.620. The van der Waals surface area contributed by atoms with Gasteiger partial charge in [-0.3, -0.25) is 0 Å². The van der Waals surface area contributed by atoms with Crippen LogP contribution >= 0.6 is 11.3 Å². The molecule has 13 heavy (non-hydrogen) atoms. The van der Waals surface area contributed by atoms with E-state index in [-0.39, 0.29) is 0 Å². The van der Waals surface area contributed by atoms with Crippen molar-refractivity contribution in [3.05, 3.63) is 22.4 Å². The maximum Gasteiger partial charge on any atom is 0.0548 e. The number of hydrazone groups is 1. The van der Waals surface area contributed by atoms with Crippen molar-refractivity contribution >= 4 is 17.6 Å². The van der Waals surface area contributed by atoms with Crippen LogP contribution in [0.1, 0.15) is 31.2 Å². The van der Waals surface area contributed by atoms with E-state index in [1.165, 1.54) is 31.2 Å². The van der Waals surface area contributed by atoms with Crippen molar-refractivity contribution in [2.24, 2.45) is 5.10 Å². The summed E-state index contributed by atoms with van der Waals surface area (Å²) in [5.74, 6) is 0. The highest BCUT2D eigenvalue weighted by atomic mass is 32.1. The zero-order chi connectivity index (χ0) is 8.93. The summed E-state index contributed by atoms with van der Waals surface area (Å²) < 4.78 is 0. The summed E-state index contributed by atoms with van der Waals surface area (Å²) in [5.41, 5.74) is 4.38. The van der Waals surface area contributed by atoms with E-state index in [2.05, 4.69) is 27.4 Å². The molecule has 0 aliphatic heterocycles. The summed E-state index contributed by atoms with van der Waals surface area (Å²) in [6.45, 7) is 0. The summed E-state index contributed by atoms with van der Waals surface area (Å²) in [7, 11) is 0. The topological polar surface area (TPSA) is 24.4 Å². The van der Waals surface area contributed by atoms with Gasteiger partial charge in [-0.1, -0.05) is 12.8 Å². The van der Waals surface area contributed by atoms with Crippen LogP contribution in [-0.4, -0.2) is 12.3 Å². The number of hydrogen-bond donors (Lipinski definition) is 1. The van der Waals surface area contributed by atoms with Gasteiger partial charge in [-0.2, -0.15) is 16.4 Å². The third-order valence-corrected chi connectivity index (χ3v) is 3.07. The molecule has 1 fully saturated rings. The summed E-state index contributed by atoms with van der Waals surface area (Å²) in [6, 6.07) is 2.69. The maximum absolute atomic E-state index is 4.23. The van der Waals surface area contributed by atoms with E-state index in [4.69, 9.17) is 0 Å². The Labute approximate surface area is 82.7 Å². The van der Waals surface area contributed by atoms with Crippen LogP contribution in [-0.2, 0) is 0 Å². The molecular weight excluding hydrogens is 180 g/mol. The first-order valence-electron chi connectivity index (χ1n) is 4.76. The molecule has 1 heterocycles. The first kappa shape index (κ1) is 8.75. The smallest absolute Gasteiger partial charge is 0.0548 e. The summed E-state index contributed by atoms with van der Waals surface area (Å²) >= 11 is 1.70. The highest BCUT2D eigenvalue weighted by molar-refractivity contribution is 7.08. The van der Waals surface area contributed by atoms with Gasteiger partial charge in [-0.25, -0.2) is 0 Å². The average molecular weight is 194 g/mol. The lowest BCUT2D eigenvalue weighted by molar-refractivity contribution is 0.549. The van der Waals surface area contributed by atoms with Crippen molar-refractivity contribution in [1.29, 1.82) is 0 Å². The Morgan fingerprint density at radius 3 is 3.00 bits per heavy atom. The van der Waals surface area contributed by atoms with Crippen molar-refractivity contribution in [3.63, 3.8) is 0 Å². The van der Waals surface area contributed by atoms with E-state index in [9.17, 15) is 0 Å². The Morgan fingerprint density at radius 2 is 2.31 bits per heavy atom. The van der Waals surface area contributed by atoms with E-state index in [1.807, 2.05) is 6.21 Å². The zero-order valence-corrected chi connectivity index (χ0v) is 8.39. The van der Waals surface area contributed by atoms with Crippen molar-refractivity contribution in [2.45, 2.75) is 31.7 Å². The second-order valence-corrected chi connectivity index (χ2v) is 4.21. The molecule has 0 radical (unpaired) electrons. The highest BCUT2D eigenvalue weighted by Gasteiger charge is 2.12. The van der Waals surface area contributed by atoms with Crippen LogP contribution in [0.25, 0.3) is 0 Å². The zero-order valence-electron chi connectivity index (χ0n) is 7.57. The Balaban J connectivity index is 1.78. The third-order valence-electron chi connectivity index (χ3n) is 2.37. The summed E-state index contributed by atoms with van der Waals surface area (Å²) in [5, 5.41) is 8.39. The Kier molecular flexibility index (Phi) is 2.98. The lowest BCUT2D eigenvalue weighted by atomic mass is 10.3. The van der Waals surface area contributed by atoms with Gasteiger partial charge in [0.15, 0.2) is 0 Å². The van der Waals surface area contributed by atoms with Crippen LogP contribution in [0, 0.1) is 0 Å². The largest absolute Gasteiger partial charge is 0.307 e. The molecule has 0 atom stereocenters. The normalized spacial score (nSPS) is 18.5.